The van der Waals surface area contributed by atoms with Crippen molar-refractivity contribution in [2.24, 2.45) is 0 Å². The third-order valence-corrected chi connectivity index (χ3v) is 8.64. The first-order chi connectivity index (χ1) is 21.7. The molecule has 11 nitrogen and oxygen atoms in total. The Balaban J connectivity index is 1.31. The molecule has 2 aromatic carbocycles. The van der Waals surface area contributed by atoms with E-state index >= 15 is 0 Å². The number of benzene rings is 2. The minimum absolute atomic E-state index is 0.233. The summed E-state index contributed by atoms with van der Waals surface area (Å²) in [7, 11) is 0. The standard InChI is InChI=1S/C32H25ClN6O5S/c1-5-42-21-9-7-20(8-10-21)38-30(40)22-11-6-19(33)13-26(22)39-27(35-36-32(38)39)15-43-31(41)24-14-25(23-12-16(2)45-18(23)4)34-29-28(24)17(3)37-44-29/h6-14H,5,15H2,1-4H3. The van der Waals surface area contributed by atoms with Crippen molar-refractivity contribution < 1.29 is 18.8 Å². The zero-order valence-corrected chi connectivity index (χ0v) is 26.2. The van der Waals surface area contributed by atoms with Gasteiger partial charge in [0.2, 0.25) is 5.78 Å². The number of carbonyl (C=O) groups is 1. The molecule has 13 heteroatoms. The second-order valence-electron chi connectivity index (χ2n) is 10.4. The molecule has 0 fully saturated rings. The van der Waals surface area contributed by atoms with E-state index in [4.69, 9.17) is 25.6 Å². The minimum atomic E-state index is -0.613. The summed E-state index contributed by atoms with van der Waals surface area (Å²) in [6.07, 6.45) is 0. The minimum Gasteiger partial charge on any atom is -0.494 e. The number of halogens is 1. The molecule has 0 atom stereocenters. The van der Waals surface area contributed by atoms with E-state index in [0.29, 0.717) is 56.6 Å². The van der Waals surface area contributed by atoms with Gasteiger partial charge in [-0.2, -0.15) is 0 Å². The largest absolute Gasteiger partial charge is 0.494 e. The predicted octanol–water partition coefficient (Wildman–Crippen LogP) is 6.63. The first-order valence-electron chi connectivity index (χ1n) is 14.1. The van der Waals surface area contributed by atoms with Crippen LogP contribution in [0, 0.1) is 20.8 Å². The molecule has 7 rings (SSSR count). The Morgan fingerprint density at radius 2 is 1.84 bits per heavy atom. The average molecular weight is 641 g/mol. The van der Waals surface area contributed by atoms with Gasteiger partial charge in [0.1, 0.15) is 5.75 Å². The van der Waals surface area contributed by atoms with E-state index in [1.807, 2.05) is 26.8 Å². The number of pyridine rings is 1. The average Bonchev–Trinajstić information content (AvgIpc) is 3.72. The fourth-order valence-corrected chi connectivity index (χ4v) is 6.55. The van der Waals surface area contributed by atoms with E-state index in [2.05, 4.69) is 20.3 Å². The molecular weight excluding hydrogens is 616 g/mol. The van der Waals surface area contributed by atoms with E-state index < -0.39 is 5.97 Å². The van der Waals surface area contributed by atoms with Crippen LogP contribution in [0.1, 0.15) is 38.6 Å². The van der Waals surface area contributed by atoms with Crippen molar-refractivity contribution in [1.29, 1.82) is 0 Å². The number of ether oxygens (including phenoxy) is 2. The highest BCUT2D eigenvalue weighted by atomic mass is 35.5. The van der Waals surface area contributed by atoms with Gasteiger partial charge < -0.3 is 14.0 Å². The lowest BCUT2D eigenvalue weighted by Crippen LogP contribution is -2.22. The van der Waals surface area contributed by atoms with Crippen molar-refractivity contribution >= 4 is 56.7 Å². The molecular formula is C32H25ClN6O5S. The molecule has 0 unspecified atom stereocenters. The molecule has 0 aliphatic carbocycles. The lowest BCUT2D eigenvalue weighted by molar-refractivity contribution is 0.0463. The van der Waals surface area contributed by atoms with Crippen LogP contribution in [0.2, 0.25) is 5.02 Å². The Hall–Kier alpha value is -5.07. The molecule has 0 aliphatic rings. The van der Waals surface area contributed by atoms with Gasteiger partial charge in [-0.05, 0) is 82.3 Å². The summed E-state index contributed by atoms with van der Waals surface area (Å²) in [5, 5.41) is 14.0. The van der Waals surface area contributed by atoms with Gasteiger partial charge in [0.25, 0.3) is 11.3 Å². The lowest BCUT2D eigenvalue weighted by atomic mass is 10.1. The van der Waals surface area contributed by atoms with Crippen LogP contribution >= 0.6 is 22.9 Å². The van der Waals surface area contributed by atoms with Crippen LogP contribution in [0.5, 0.6) is 5.75 Å². The molecule has 0 saturated carbocycles. The highest BCUT2D eigenvalue weighted by Gasteiger charge is 2.24. The van der Waals surface area contributed by atoms with Gasteiger partial charge in [-0.3, -0.25) is 9.20 Å². The normalized spacial score (nSPS) is 11.6. The number of rotatable bonds is 7. The number of esters is 1. The first kappa shape index (κ1) is 28.7. The SMILES string of the molecule is CCOc1ccc(-n2c(=O)c3ccc(Cl)cc3n3c(COC(=O)c4cc(-c5cc(C)sc5C)nc5onc(C)c45)nnc23)cc1. The summed E-state index contributed by atoms with van der Waals surface area (Å²) >= 11 is 8.00. The van der Waals surface area contributed by atoms with E-state index in [1.54, 1.807) is 71.2 Å². The van der Waals surface area contributed by atoms with E-state index in [9.17, 15) is 9.59 Å². The third-order valence-electron chi connectivity index (χ3n) is 7.44. The molecule has 226 valence electrons. The van der Waals surface area contributed by atoms with Crippen LogP contribution in [0.4, 0.5) is 0 Å². The van der Waals surface area contributed by atoms with Gasteiger partial charge in [0, 0.05) is 20.3 Å². The monoisotopic (exact) mass is 640 g/mol. The molecule has 5 aromatic heterocycles. The van der Waals surface area contributed by atoms with Crippen LogP contribution in [0.3, 0.4) is 0 Å². The Kier molecular flexibility index (Phi) is 7.10. The molecule has 0 amide bonds. The highest BCUT2D eigenvalue weighted by Crippen LogP contribution is 2.33. The van der Waals surface area contributed by atoms with Gasteiger partial charge >= 0.3 is 5.97 Å². The van der Waals surface area contributed by atoms with Crippen LogP contribution in [-0.2, 0) is 11.3 Å². The molecule has 0 radical (unpaired) electrons. The zero-order chi connectivity index (χ0) is 31.4. The number of thiophene rings is 1. The van der Waals surface area contributed by atoms with Crippen LogP contribution in [0.15, 0.2) is 63.9 Å². The maximum Gasteiger partial charge on any atom is 0.339 e. The molecule has 0 bridgehead atoms. The van der Waals surface area contributed by atoms with E-state index in [-0.39, 0.29) is 29.2 Å². The molecule has 7 aromatic rings. The fraction of sp³-hybridized carbons (Fsp3) is 0.188. The topological polar surface area (TPSA) is 127 Å². The number of carbonyl (C=O) groups excluding carboxylic acids is 1. The highest BCUT2D eigenvalue weighted by molar-refractivity contribution is 7.12. The summed E-state index contributed by atoms with van der Waals surface area (Å²) < 4.78 is 20.0. The number of aryl methyl sites for hydroxylation is 3. The van der Waals surface area contributed by atoms with Gasteiger partial charge in [0.05, 0.1) is 45.5 Å². The predicted molar refractivity (Wildman–Crippen MR) is 171 cm³/mol. The van der Waals surface area contributed by atoms with Gasteiger partial charge in [0.15, 0.2) is 12.4 Å². The molecule has 5 heterocycles. The Bertz CT molecular complexity index is 2340. The van der Waals surface area contributed by atoms with E-state index in [0.717, 1.165) is 15.3 Å². The van der Waals surface area contributed by atoms with Crippen molar-refractivity contribution in [1.82, 2.24) is 29.3 Å². The van der Waals surface area contributed by atoms with Crippen molar-refractivity contribution in [3.05, 3.63) is 96.8 Å². The molecule has 45 heavy (non-hydrogen) atoms. The third kappa shape index (κ3) is 4.92. The maximum atomic E-state index is 13.7. The van der Waals surface area contributed by atoms with Gasteiger partial charge in [-0.25, -0.2) is 14.3 Å². The quantitative estimate of drug-likeness (QED) is 0.176. The van der Waals surface area contributed by atoms with Crippen LogP contribution in [0.25, 0.3) is 44.7 Å². The van der Waals surface area contributed by atoms with Gasteiger partial charge in [-0.1, -0.05) is 16.8 Å². The second kappa shape index (κ2) is 11.1. The van der Waals surface area contributed by atoms with Crippen molar-refractivity contribution in [2.75, 3.05) is 6.61 Å². The number of nitrogens with zero attached hydrogens (tertiary/aromatic N) is 6. The van der Waals surface area contributed by atoms with E-state index in [1.165, 1.54) is 4.57 Å². The Morgan fingerprint density at radius 3 is 2.58 bits per heavy atom. The van der Waals surface area contributed by atoms with Crippen LogP contribution in [-0.4, -0.2) is 41.9 Å². The fourth-order valence-electron chi connectivity index (χ4n) is 5.45. The number of hydrogen-bond acceptors (Lipinski definition) is 10. The lowest BCUT2D eigenvalue weighted by Gasteiger charge is -2.13. The first-order valence-corrected chi connectivity index (χ1v) is 15.3. The Morgan fingerprint density at radius 1 is 1.04 bits per heavy atom. The number of hydrogen-bond donors (Lipinski definition) is 0. The van der Waals surface area contributed by atoms with Crippen molar-refractivity contribution in [2.45, 2.75) is 34.3 Å². The smallest absolute Gasteiger partial charge is 0.339 e. The van der Waals surface area contributed by atoms with Gasteiger partial charge in [-0.15, -0.1) is 21.5 Å². The molecule has 0 N–H and O–H groups in total. The van der Waals surface area contributed by atoms with Crippen molar-refractivity contribution in [3.8, 4) is 22.7 Å². The summed E-state index contributed by atoms with van der Waals surface area (Å²) in [6, 6.07) is 15.8. The summed E-state index contributed by atoms with van der Waals surface area (Å²) in [5.74, 6) is 0.588. The molecule has 0 saturated heterocycles. The zero-order valence-electron chi connectivity index (χ0n) is 24.6. The second-order valence-corrected chi connectivity index (χ2v) is 12.3. The number of fused-ring (bicyclic) bond motifs is 4. The Labute approximate surface area is 264 Å². The maximum absolute atomic E-state index is 13.7. The number of aromatic nitrogens is 6. The summed E-state index contributed by atoms with van der Waals surface area (Å²) in [6.45, 7) is 7.93. The molecule has 0 aliphatic heterocycles. The summed E-state index contributed by atoms with van der Waals surface area (Å²) in [5.41, 5.74) is 3.26. The summed E-state index contributed by atoms with van der Waals surface area (Å²) in [4.78, 5) is 34.2. The molecule has 0 spiro atoms. The van der Waals surface area contributed by atoms with Crippen molar-refractivity contribution in [3.63, 3.8) is 0 Å². The van der Waals surface area contributed by atoms with Crippen LogP contribution < -0.4 is 10.3 Å².